The van der Waals surface area contributed by atoms with Crippen molar-refractivity contribution in [1.29, 1.82) is 0 Å². The van der Waals surface area contributed by atoms with Gasteiger partial charge in [0, 0.05) is 17.1 Å². The zero-order valence-electron chi connectivity index (χ0n) is 16.7. The van der Waals surface area contributed by atoms with Crippen LogP contribution in [0.3, 0.4) is 0 Å². The van der Waals surface area contributed by atoms with Gasteiger partial charge >= 0.3 is 0 Å². The number of amides is 1. The minimum Gasteiger partial charge on any atom is -0.467 e. The fraction of sp³-hybridized carbons (Fsp3) is 0.217. The molecule has 0 N–H and O–H groups in total. The summed E-state index contributed by atoms with van der Waals surface area (Å²) in [6.45, 7) is 4.48. The number of nitrogens with zero attached hydrogens (tertiary/aromatic N) is 2. The highest BCUT2D eigenvalue weighted by atomic mass is 32.2. The van der Waals surface area contributed by atoms with Crippen LogP contribution < -0.4 is 4.90 Å². The van der Waals surface area contributed by atoms with Gasteiger partial charge in [0.25, 0.3) is 0 Å². The second kappa shape index (κ2) is 9.02. The van der Waals surface area contributed by atoms with Crippen LogP contribution in [0.25, 0.3) is 10.2 Å². The number of benzene rings is 2. The Kier molecular flexibility index (Phi) is 6.20. The number of rotatable bonds is 7. The van der Waals surface area contributed by atoms with E-state index in [0.29, 0.717) is 29.6 Å². The van der Waals surface area contributed by atoms with Crippen molar-refractivity contribution in [2.45, 2.75) is 31.7 Å². The van der Waals surface area contributed by atoms with E-state index in [1.807, 2.05) is 12.1 Å². The van der Waals surface area contributed by atoms with E-state index in [0.717, 1.165) is 15.1 Å². The Hall–Kier alpha value is -2.64. The molecule has 0 bridgehead atoms. The summed E-state index contributed by atoms with van der Waals surface area (Å²) in [7, 11) is 0. The first-order chi connectivity index (χ1) is 14.5. The average molecular weight is 441 g/mol. The second-order valence-corrected chi connectivity index (χ2v) is 9.19. The van der Waals surface area contributed by atoms with Crippen LogP contribution in [0.15, 0.2) is 64.1 Å². The van der Waals surface area contributed by atoms with E-state index in [1.54, 1.807) is 23.3 Å². The number of furan rings is 1. The van der Waals surface area contributed by atoms with E-state index in [2.05, 4.69) is 26.0 Å². The Morgan fingerprint density at radius 3 is 2.67 bits per heavy atom. The van der Waals surface area contributed by atoms with Gasteiger partial charge in [-0.25, -0.2) is 9.37 Å². The molecule has 4 nitrogen and oxygen atoms in total. The van der Waals surface area contributed by atoms with Crippen molar-refractivity contribution in [2.75, 3.05) is 10.7 Å². The highest BCUT2D eigenvalue weighted by Gasteiger charge is 2.21. The summed E-state index contributed by atoms with van der Waals surface area (Å²) in [5, 5.41) is 0.670. The molecule has 0 aliphatic carbocycles. The number of aromatic nitrogens is 1. The molecule has 0 fully saturated rings. The number of thioether (sulfide) groups is 1. The molecule has 0 aliphatic rings. The molecule has 4 aromatic rings. The first-order valence-corrected chi connectivity index (χ1v) is 11.4. The molecule has 0 unspecified atom stereocenters. The summed E-state index contributed by atoms with van der Waals surface area (Å²) < 4.78 is 19.6. The number of halogens is 1. The van der Waals surface area contributed by atoms with Crippen LogP contribution in [0.2, 0.25) is 0 Å². The topological polar surface area (TPSA) is 46.3 Å². The first-order valence-electron chi connectivity index (χ1n) is 9.58. The number of fused-ring (bicyclic) bond motifs is 1. The molecular weight excluding hydrogens is 419 g/mol. The van der Waals surface area contributed by atoms with Crippen LogP contribution in [-0.2, 0) is 11.3 Å². The summed E-state index contributed by atoms with van der Waals surface area (Å²) in [5.74, 6) is 1.03. The number of thiazole rings is 1. The molecule has 0 spiro atoms. The summed E-state index contributed by atoms with van der Waals surface area (Å²) in [6.07, 6.45) is 1.95. The minimum absolute atomic E-state index is 0.0199. The zero-order valence-corrected chi connectivity index (χ0v) is 18.4. The third-order valence-electron chi connectivity index (χ3n) is 4.82. The molecule has 1 amide bonds. The predicted octanol–water partition coefficient (Wildman–Crippen LogP) is 6.36. The van der Waals surface area contributed by atoms with E-state index >= 15 is 0 Å². The van der Waals surface area contributed by atoms with Crippen molar-refractivity contribution in [3.05, 3.63) is 77.5 Å². The Morgan fingerprint density at radius 1 is 1.17 bits per heavy atom. The summed E-state index contributed by atoms with van der Waals surface area (Å²) in [5.41, 5.74) is 3.28. The lowest BCUT2D eigenvalue weighted by molar-refractivity contribution is -0.118. The molecule has 2 aromatic carbocycles. The third kappa shape index (κ3) is 4.74. The molecule has 154 valence electrons. The number of hydrogen-bond donors (Lipinski definition) is 0. The maximum Gasteiger partial charge on any atom is 0.230 e. The van der Waals surface area contributed by atoms with Gasteiger partial charge in [-0.15, -0.1) is 11.8 Å². The molecule has 2 aromatic heterocycles. The highest BCUT2D eigenvalue weighted by molar-refractivity contribution is 7.99. The SMILES string of the molecule is Cc1cc2nc(N(Cc3ccco3)C(=O)CCSc3ccc(F)cc3)sc2cc1C. The Balaban J connectivity index is 1.53. The van der Waals surface area contributed by atoms with Gasteiger partial charge in [-0.05, 0) is 73.5 Å². The van der Waals surface area contributed by atoms with Crippen molar-refractivity contribution < 1.29 is 13.6 Å². The molecule has 0 aliphatic heterocycles. The molecule has 4 rings (SSSR count). The van der Waals surface area contributed by atoms with E-state index < -0.39 is 0 Å². The maximum absolute atomic E-state index is 13.1. The number of carbonyl (C=O) groups excluding carboxylic acids is 1. The lowest BCUT2D eigenvalue weighted by Gasteiger charge is -2.18. The van der Waals surface area contributed by atoms with Crippen molar-refractivity contribution in [3.63, 3.8) is 0 Å². The molecule has 0 radical (unpaired) electrons. The van der Waals surface area contributed by atoms with Crippen LogP contribution >= 0.6 is 23.1 Å². The second-order valence-electron chi connectivity index (χ2n) is 7.01. The maximum atomic E-state index is 13.1. The summed E-state index contributed by atoms with van der Waals surface area (Å²) >= 11 is 3.05. The predicted molar refractivity (Wildman–Crippen MR) is 121 cm³/mol. The van der Waals surface area contributed by atoms with Crippen LogP contribution in [0.4, 0.5) is 9.52 Å². The van der Waals surface area contributed by atoms with Gasteiger partial charge in [-0.3, -0.25) is 9.69 Å². The molecular formula is C23H21FN2O2S2. The minimum atomic E-state index is -0.263. The number of aryl methyl sites for hydroxylation is 2. The van der Waals surface area contributed by atoms with Crippen molar-refractivity contribution in [2.24, 2.45) is 0 Å². The van der Waals surface area contributed by atoms with E-state index in [1.165, 1.54) is 46.4 Å². The molecule has 2 heterocycles. The number of carbonyl (C=O) groups is 1. The van der Waals surface area contributed by atoms with Gasteiger partial charge in [0.15, 0.2) is 5.13 Å². The Labute approximate surface area is 182 Å². The number of hydrogen-bond acceptors (Lipinski definition) is 5. The Morgan fingerprint density at radius 2 is 1.93 bits per heavy atom. The van der Waals surface area contributed by atoms with E-state index in [-0.39, 0.29) is 11.7 Å². The monoisotopic (exact) mass is 440 g/mol. The Bertz CT molecular complexity index is 1120. The number of anilines is 1. The van der Waals surface area contributed by atoms with Gasteiger partial charge in [0.05, 0.1) is 23.0 Å². The van der Waals surface area contributed by atoms with Crippen LogP contribution in [0.5, 0.6) is 0 Å². The molecule has 0 saturated heterocycles. The quantitative estimate of drug-likeness (QED) is 0.314. The van der Waals surface area contributed by atoms with Crippen molar-refractivity contribution in [3.8, 4) is 0 Å². The lowest BCUT2D eigenvalue weighted by Crippen LogP contribution is -2.30. The van der Waals surface area contributed by atoms with Gasteiger partial charge in [-0.1, -0.05) is 11.3 Å². The van der Waals surface area contributed by atoms with E-state index in [4.69, 9.17) is 9.40 Å². The van der Waals surface area contributed by atoms with Gasteiger partial charge in [0.1, 0.15) is 11.6 Å². The van der Waals surface area contributed by atoms with Gasteiger partial charge < -0.3 is 4.42 Å². The molecule has 7 heteroatoms. The normalized spacial score (nSPS) is 11.2. The van der Waals surface area contributed by atoms with Crippen LogP contribution in [0, 0.1) is 19.7 Å². The molecule has 30 heavy (non-hydrogen) atoms. The zero-order chi connectivity index (χ0) is 21.1. The standard InChI is InChI=1S/C23H21FN2O2S2/c1-15-12-20-21(13-16(15)2)30-23(25-20)26(14-18-4-3-10-28-18)22(27)9-11-29-19-7-5-17(24)6-8-19/h3-8,10,12-13H,9,11,14H2,1-2H3. The van der Waals surface area contributed by atoms with Gasteiger partial charge in [-0.2, -0.15) is 0 Å². The van der Waals surface area contributed by atoms with Crippen molar-refractivity contribution in [1.82, 2.24) is 4.98 Å². The fourth-order valence-corrected chi connectivity index (χ4v) is 4.93. The lowest BCUT2D eigenvalue weighted by atomic mass is 10.1. The largest absolute Gasteiger partial charge is 0.467 e. The third-order valence-corrected chi connectivity index (χ3v) is 6.87. The molecule has 0 atom stereocenters. The summed E-state index contributed by atoms with van der Waals surface area (Å²) in [4.78, 5) is 20.5. The van der Waals surface area contributed by atoms with Crippen LogP contribution in [-0.4, -0.2) is 16.6 Å². The molecule has 0 saturated carbocycles. The first kappa shape index (κ1) is 20.6. The smallest absolute Gasteiger partial charge is 0.230 e. The van der Waals surface area contributed by atoms with Gasteiger partial charge in [0.2, 0.25) is 5.91 Å². The van der Waals surface area contributed by atoms with E-state index in [9.17, 15) is 9.18 Å². The highest BCUT2D eigenvalue weighted by Crippen LogP contribution is 2.32. The van der Waals surface area contributed by atoms with Crippen molar-refractivity contribution >= 4 is 44.4 Å². The summed E-state index contributed by atoms with van der Waals surface area (Å²) in [6, 6.07) is 14.2. The van der Waals surface area contributed by atoms with Crippen LogP contribution in [0.1, 0.15) is 23.3 Å². The fourth-order valence-electron chi connectivity index (χ4n) is 3.03. The average Bonchev–Trinajstić information content (AvgIpc) is 3.37.